The maximum Gasteiger partial charge on any atom is 0.219 e. The second kappa shape index (κ2) is 8.61. The van der Waals surface area contributed by atoms with Crippen LogP contribution in [0.15, 0.2) is 24.3 Å². The molecule has 6 nitrogen and oxygen atoms in total. The molecule has 3 rings (SSSR count). The van der Waals surface area contributed by atoms with Gasteiger partial charge in [-0.1, -0.05) is 12.1 Å². The third-order valence-corrected chi connectivity index (χ3v) is 5.28. The lowest BCUT2D eigenvalue weighted by molar-refractivity contribution is -0.131. The van der Waals surface area contributed by atoms with E-state index in [1.54, 1.807) is 6.92 Å². The summed E-state index contributed by atoms with van der Waals surface area (Å²) in [4.78, 5) is 18.1. The topological polar surface area (TPSA) is 63.1 Å². The van der Waals surface area contributed by atoms with E-state index in [2.05, 4.69) is 15.4 Å². The van der Waals surface area contributed by atoms with Gasteiger partial charge in [-0.05, 0) is 50.3 Å². The van der Waals surface area contributed by atoms with Crippen molar-refractivity contribution < 1.29 is 9.18 Å². The number of aromatic nitrogens is 3. The van der Waals surface area contributed by atoms with Gasteiger partial charge in [-0.2, -0.15) is 5.10 Å². The molecule has 0 aliphatic carbocycles. The Bertz CT molecular complexity index is 773. The molecular weight excluding hydrogens is 345 g/mol. The van der Waals surface area contributed by atoms with E-state index in [0.717, 1.165) is 56.2 Å². The fourth-order valence-corrected chi connectivity index (χ4v) is 3.85. The number of benzene rings is 1. The summed E-state index contributed by atoms with van der Waals surface area (Å²) in [5.41, 5.74) is 1.10. The van der Waals surface area contributed by atoms with Crippen LogP contribution in [0.1, 0.15) is 30.6 Å². The Morgan fingerprint density at radius 2 is 2.04 bits per heavy atom. The number of carbonyl (C=O) groups is 1. The van der Waals surface area contributed by atoms with E-state index in [4.69, 9.17) is 0 Å². The van der Waals surface area contributed by atoms with E-state index in [1.807, 2.05) is 35.6 Å². The minimum Gasteiger partial charge on any atom is -0.343 e. The van der Waals surface area contributed by atoms with Crippen LogP contribution in [0.5, 0.6) is 0 Å². The van der Waals surface area contributed by atoms with Gasteiger partial charge in [0, 0.05) is 32.6 Å². The number of aryl methyl sites for hydroxylation is 2. The highest BCUT2D eigenvalue weighted by molar-refractivity contribution is 5.73. The van der Waals surface area contributed by atoms with E-state index < -0.39 is 0 Å². The summed E-state index contributed by atoms with van der Waals surface area (Å²) in [5.74, 6) is 1.90. The molecule has 0 spiro atoms. The average molecular weight is 373 g/mol. The molecule has 2 aromatic rings. The summed E-state index contributed by atoms with van der Waals surface area (Å²) >= 11 is 0. The van der Waals surface area contributed by atoms with E-state index in [9.17, 15) is 9.18 Å². The van der Waals surface area contributed by atoms with E-state index in [0.29, 0.717) is 12.0 Å². The molecular formula is C20H28FN5O. The number of hydrogen-bond acceptors (Lipinski definition) is 4. The third-order valence-electron chi connectivity index (χ3n) is 5.28. The number of amides is 1. The molecule has 1 aromatic heterocycles. The lowest BCUT2D eigenvalue weighted by Gasteiger charge is -2.39. The monoisotopic (exact) mass is 373 g/mol. The van der Waals surface area contributed by atoms with Crippen LogP contribution in [0.4, 0.5) is 4.39 Å². The second-order valence-corrected chi connectivity index (χ2v) is 7.33. The fourth-order valence-electron chi connectivity index (χ4n) is 3.85. The van der Waals surface area contributed by atoms with Gasteiger partial charge in [0.2, 0.25) is 5.91 Å². The molecule has 0 radical (unpaired) electrons. The van der Waals surface area contributed by atoms with Crippen LogP contribution in [0.25, 0.3) is 0 Å². The lowest BCUT2D eigenvalue weighted by Crippen LogP contribution is -2.51. The van der Waals surface area contributed by atoms with Crippen LogP contribution in [-0.2, 0) is 17.8 Å². The van der Waals surface area contributed by atoms with Crippen molar-refractivity contribution in [3.63, 3.8) is 0 Å². The van der Waals surface area contributed by atoms with E-state index in [1.165, 1.54) is 12.1 Å². The Morgan fingerprint density at radius 3 is 2.67 bits per heavy atom. The zero-order valence-corrected chi connectivity index (χ0v) is 16.3. The van der Waals surface area contributed by atoms with Crippen molar-refractivity contribution in [1.29, 1.82) is 0 Å². The molecule has 1 amide bonds. The van der Waals surface area contributed by atoms with E-state index in [-0.39, 0.29) is 11.7 Å². The van der Waals surface area contributed by atoms with Gasteiger partial charge >= 0.3 is 0 Å². The minimum absolute atomic E-state index is 0.117. The Kier molecular flexibility index (Phi) is 6.21. The van der Waals surface area contributed by atoms with Gasteiger partial charge in [0.1, 0.15) is 17.5 Å². The first-order valence-corrected chi connectivity index (χ1v) is 9.54. The quantitative estimate of drug-likeness (QED) is 0.842. The molecule has 27 heavy (non-hydrogen) atoms. The molecule has 1 fully saturated rings. The summed E-state index contributed by atoms with van der Waals surface area (Å²) < 4.78 is 15.1. The third kappa shape index (κ3) is 5.13. The van der Waals surface area contributed by atoms with Crippen molar-refractivity contribution in [3.05, 3.63) is 47.3 Å². The normalized spacial score (nSPS) is 20.1. The molecule has 146 valence electrons. The Morgan fingerprint density at radius 1 is 1.30 bits per heavy atom. The highest BCUT2D eigenvalue weighted by Crippen LogP contribution is 2.22. The standard InChI is InChI=1S/C20H28FN5O/c1-14-23-15(2)26(24-14)11-9-22-20-8-10-25(16(3)27)13-18(20)12-17-4-6-19(21)7-5-17/h4-7,18,20,22H,8-13H2,1-3H3/t18-,20+/m1/s1. The van der Waals surface area contributed by atoms with Crippen LogP contribution < -0.4 is 5.32 Å². The minimum atomic E-state index is -0.221. The van der Waals surface area contributed by atoms with Gasteiger partial charge in [0.05, 0.1) is 6.54 Å². The highest BCUT2D eigenvalue weighted by Gasteiger charge is 2.30. The summed E-state index contributed by atoms with van der Waals surface area (Å²) in [7, 11) is 0. The predicted molar refractivity (Wildman–Crippen MR) is 102 cm³/mol. The number of piperidine rings is 1. The Balaban J connectivity index is 1.62. The molecule has 1 aliphatic heterocycles. The van der Waals surface area contributed by atoms with Crippen molar-refractivity contribution >= 4 is 5.91 Å². The Labute approximate surface area is 159 Å². The van der Waals surface area contributed by atoms with Crippen molar-refractivity contribution in [1.82, 2.24) is 25.0 Å². The Hall–Kier alpha value is -2.28. The van der Waals surface area contributed by atoms with E-state index >= 15 is 0 Å². The van der Waals surface area contributed by atoms with Gasteiger partial charge in [-0.15, -0.1) is 0 Å². The molecule has 2 atom stereocenters. The second-order valence-electron chi connectivity index (χ2n) is 7.33. The van der Waals surface area contributed by atoms with Crippen molar-refractivity contribution in [2.24, 2.45) is 5.92 Å². The predicted octanol–water partition coefficient (Wildman–Crippen LogP) is 2.10. The van der Waals surface area contributed by atoms with Crippen LogP contribution in [-0.4, -0.2) is 51.2 Å². The largest absolute Gasteiger partial charge is 0.343 e. The summed E-state index contributed by atoms with van der Waals surface area (Å²) in [6.07, 6.45) is 1.74. The zero-order valence-electron chi connectivity index (χ0n) is 16.3. The number of nitrogens with one attached hydrogen (secondary N) is 1. The van der Waals surface area contributed by atoms with Crippen LogP contribution in [0.3, 0.4) is 0 Å². The van der Waals surface area contributed by atoms with Gasteiger partial charge in [-0.25, -0.2) is 14.1 Å². The number of likely N-dealkylation sites (tertiary alicyclic amines) is 1. The smallest absolute Gasteiger partial charge is 0.219 e. The van der Waals surface area contributed by atoms with Crippen molar-refractivity contribution in [2.75, 3.05) is 19.6 Å². The molecule has 1 aromatic carbocycles. The first kappa shape index (κ1) is 19.5. The van der Waals surface area contributed by atoms with Crippen molar-refractivity contribution in [2.45, 2.75) is 46.2 Å². The molecule has 0 unspecified atom stereocenters. The lowest BCUT2D eigenvalue weighted by atomic mass is 9.86. The molecule has 0 saturated carbocycles. The van der Waals surface area contributed by atoms with Crippen LogP contribution in [0, 0.1) is 25.6 Å². The summed E-state index contributed by atoms with van der Waals surface area (Å²) in [5, 5.41) is 8.05. The fraction of sp³-hybridized carbons (Fsp3) is 0.550. The molecule has 0 bridgehead atoms. The molecule has 1 saturated heterocycles. The molecule has 7 heteroatoms. The molecule has 1 N–H and O–H groups in total. The average Bonchev–Trinajstić information content (AvgIpc) is 2.95. The zero-order chi connectivity index (χ0) is 19.4. The van der Waals surface area contributed by atoms with Gasteiger partial charge < -0.3 is 10.2 Å². The number of nitrogens with zero attached hydrogens (tertiary/aromatic N) is 4. The first-order valence-electron chi connectivity index (χ1n) is 9.54. The van der Waals surface area contributed by atoms with Gasteiger partial charge in [0.25, 0.3) is 0 Å². The van der Waals surface area contributed by atoms with Crippen molar-refractivity contribution in [3.8, 4) is 0 Å². The first-order chi connectivity index (χ1) is 12.9. The summed E-state index contributed by atoms with van der Waals surface area (Å²) in [6, 6.07) is 6.98. The number of hydrogen-bond donors (Lipinski definition) is 1. The van der Waals surface area contributed by atoms with Crippen LogP contribution >= 0.6 is 0 Å². The summed E-state index contributed by atoms with van der Waals surface area (Å²) in [6.45, 7) is 8.55. The number of halogens is 1. The SMILES string of the molecule is CC(=O)N1CC[C@H](NCCn2nc(C)nc2C)[C@H](Cc2ccc(F)cc2)C1. The van der Waals surface area contributed by atoms with Gasteiger partial charge in [0.15, 0.2) is 0 Å². The van der Waals surface area contributed by atoms with Crippen LogP contribution in [0.2, 0.25) is 0 Å². The highest BCUT2D eigenvalue weighted by atomic mass is 19.1. The number of rotatable bonds is 6. The number of carbonyl (C=O) groups excluding carboxylic acids is 1. The maximum absolute atomic E-state index is 13.2. The molecule has 2 heterocycles. The maximum atomic E-state index is 13.2. The van der Waals surface area contributed by atoms with Gasteiger partial charge in [-0.3, -0.25) is 4.79 Å². The molecule has 1 aliphatic rings.